The van der Waals surface area contributed by atoms with Gasteiger partial charge in [0.05, 0.1) is 30.6 Å². The summed E-state index contributed by atoms with van der Waals surface area (Å²) in [5.74, 6) is -3.66. The molecule has 8 atom stereocenters. The first-order chi connectivity index (χ1) is 26.6. The Balaban J connectivity index is 1.51. The molecule has 1 unspecified atom stereocenters. The second kappa shape index (κ2) is 19.2. The molecule has 2 aromatic carbocycles. The maximum atomic E-state index is 15.0. The molecular formula is C42H55BrN4O8. The number of benzene rings is 2. The molecule has 2 aromatic rings. The molecule has 3 aliphatic rings. The highest BCUT2D eigenvalue weighted by Gasteiger charge is 2.77. The standard InChI is InChI=1S/C42H55BrN4O8/c1-6-10-18-33(49)44-32(27-53-5)36(28-16-12-11-13-17-28)54-41(52)34-35-39(50)47(24-14-15-25-48)38(42(35)26-31(43)37(34)55-42)40(51)46(23-7-2)30-21-19-29(20-22-30)45(8-3)9-4/h6-7,11-13,16-17,19-22,31-32,34-38,48H,1-2,8-10,14-15,18,23-27H2,3-5H3,(H,44,49)/t31?,32-,34-,35+,36-,37-,38-,42+/m1/s1. The van der Waals surface area contributed by atoms with Gasteiger partial charge in [-0.3, -0.25) is 19.2 Å². The van der Waals surface area contributed by atoms with Crippen LogP contribution < -0.4 is 15.1 Å². The van der Waals surface area contributed by atoms with Crippen molar-refractivity contribution < 1.29 is 38.5 Å². The van der Waals surface area contributed by atoms with E-state index in [2.05, 4.69) is 53.2 Å². The van der Waals surface area contributed by atoms with Gasteiger partial charge in [-0.05, 0) is 69.4 Å². The van der Waals surface area contributed by atoms with Gasteiger partial charge in [0.15, 0.2) is 0 Å². The van der Waals surface area contributed by atoms with Gasteiger partial charge in [-0.1, -0.05) is 58.4 Å². The lowest BCUT2D eigenvalue weighted by molar-refractivity contribution is -0.163. The number of amides is 3. The maximum Gasteiger partial charge on any atom is 0.313 e. The van der Waals surface area contributed by atoms with Gasteiger partial charge in [0.1, 0.15) is 17.7 Å². The van der Waals surface area contributed by atoms with Crippen LogP contribution in [-0.2, 0) is 33.4 Å². The number of carbonyl (C=O) groups excluding carboxylic acids is 4. The predicted octanol–water partition coefficient (Wildman–Crippen LogP) is 4.95. The summed E-state index contributed by atoms with van der Waals surface area (Å²) < 4.78 is 18.6. The lowest BCUT2D eigenvalue weighted by Crippen LogP contribution is -2.57. The van der Waals surface area contributed by atoms with Crippen molar-refractivity contribution in [2.24, 2.45) is 11.8 Å². The van der Waals surface area contributed by atoms with Gasteiger partial charge < -0.3 is 39.3 Å². The first-order valence-corrected chi connectivity index (χ1v) is 20.2. The van der Waals surface area contributed by atoms with Crippen LogP contribution in [0.3, 0.4) is 0 Å². The summed E-state index contributed by atoms with van der Waals surface area (Å²) in [6.45, 7) is 13.8. The molecule has 2 N–H and O–H groups in total. The summed E-state index contributed by atoms with van der Waals surface area (Å²) in [6, 6.07) is 15.0. The number of alkyl halides is 1. The Labute approximate surface area is 333 Å². The fraction of sp³-hybridized carbons (Fsp3) is 0.524. The Kier molecular flexibility index (Phi) is 14.7. The van der Waals surface area contributed by atoms with Crippen molar-refractivity contribution in [1.29, 1.82) is 0 Å². The van der Waals surface area contributed by atoms with Crippen LogP contribution in [-0.4, -0.2) is 109 Å². The van der Waals surface area contributed by atoms with Gasteiger partial charge in [0.2, 0.25) is 11.8 Å². The van der Waals surface area contributed by atoms with Crippen molar-refractivity contribution >= 4 is 51.0 Å². The molecule has 13 heteroatoms. The van der Waals surface area contributed by atoms with E-state index in [1.165, 1.54) is 7.11 Å². The van der Waals surface area contributed by atoms with Gasteiger partial charge in [-0.2, -0.15) is 0 Å². The normalized spacial score (nSPS) is 24.9. The van der Waals surface area contributed by atoms with Crippen LogP contribution >= 0.6 is 15.9 Å². The highest BCUT2D eigenvalue weighted by atomic mass is 79.9. The topological polar surface area (TPSA) is 138 Å². The lowest BCUT2D eigenvalue weighted by Gasteiger charge is -2.37. The maximum absolute atomic E-state index is 15.0. The molecule has 0 aliphatic carbocycles. The van der Waals surface area contributed by atoms with Gasteiger partial charge in [-0.15, -0.1) is 13.2 Å². The first kappa shape index (κ1) is 42.1. The molecule has 55 heavy (non-hydrogen) atoms. The number of nitrogens with one attached hydrogen (secondary N) is 1. The fourth-order valence-electron chi connectivity index (χ4n) is 8.47. The van der Waals surface area contributed by atoms with Crippen molar-refractivity contribution in [2.75, 3.05) is 56.3 Å². The Morgan fingerprint density at radius 2 is 1.76 bits per heavy atom. The number of likely N-dealkylation sites (tertiary alicyclic amines) is 1. The van der Waals surface area contributed by atoms with Crippen LogP contribution in [0, 0.1) is 11.8 Å². The number of nitrogens with zero attached hydrogens (tertiary/aromatic N) is 3. The van der Waals surface area contributed by atoms with Crippen LogP contribution in [0.2, 0.25) is 0 Å². The fourth-order valence-corrected chi connectivity index (χ4v) is 9.41. The summed E-state index contributed by atoms with van der Waals surface area (Å²) >= 11 is 3.76. The number of hydrogen-bond acceptors (Lipinski definition) is 9. The number of ether oxygens (including phenoxy) is 3. The molecule has 12 nitrogen and oxygen atoms in total. The third-order valence-electron chi connectivity index (χ3n) is 11.0. The molecule has 3 fully saturated rings. The zero-order chi connectivity index (χ0) is 39.7. The minimum Gasteiger partial charge on any atom is -0.455 e. The SMILES string of the molecule is C=CCCC(=O)N[C@H](COC)[C@H](OC(=O)[C@H]1[C@@H]2O[C@@]3(CC2Br)[C@@H]1C(=O)N(CCCCO)[C@@H]3C(=O)N(CC=C)c1ccc(N(CC)CC)cc1)c1ccccc1. The van der Waals surface area contributed by atoms with Crippen LogP contribution in [0.15, 0.2) is 79.9 Å². The summed E-state index contributed by atoms with van der Waals surface area (Å²) in [5, 5.41) is 12.6. The van der Waals surface area contributed by atoms with Crippen molar-refractivity contribution in [3.05, 3.63) is 85.5 Å². The van der Waals surface area contributed by atoms with Gasteiger partial charge in [-0.25, -0.2) is 0 Å². The van der Waals surface area contributed by atoms with E-state index < -0.39 is 47.7 Å². The monoisotopic (exact) mass is 822 g/mol. The zero-order valence-corrected chi connectivity index (χ0v) is 33.7. The highest BCUT2D eigenvalue weighted by Crippen LogP contribution is 2.60. The van der Waals surface area contributed by atoms with Crippen molar-refractivity contribution in [1.82, 2.24) is 10.2 Å². The molecule has 3 saturated heterocycles. The number of fused-ring (bicyclic) bond motifs is 1. The lowest BCUT2D eigenvalue weighted by atomic mass is 9.70. The molecule has 0 saturated carbocycles. The number of aliphatic hydroxyl groups is 1. The van der Waals surface area contributed by atoms with E-state index in [0.717, 1.165) is 18.8 Å². The van der Waals surface area contributed by atoms with E-state index in [-0.39, 0.29) is 55.3 Å². The summed E-state index contributed by atoms with van der Waals surface area (Å²) in [4.78, 5) is 62.3. The van der Waals surface area contributed by atoms with Gasteiger partial charge >= 0.3 is 5.97 Å². The van der Waals surface area contributed by atoms with Gasteiger partial charge in [0.25, 0.3) is 5.91 Å². The third-order valence-corrected chi connectivity index (χ3v) is 11.8. The predicted molar refractivity (Wildman–Crippen MR) is 215 cm³/mol. The molecule has 3 aliphatic heterocycles. The minimum absolute atomic E-state index is 0.0505. The number of halogens is 1. The van der Waals surface area contributed by atoms with Crippen molar-refractivity contribution in [3.8, 4) is 0 Å². The number of rotatable bonds is 21. The number of aliphatic hydroxyl groups excluding tert-OH is 1. The molecule has 298 valence electrons. The number of esters is 1. The number of methoxy groups -OCH3 is 1. The minimum atomic E-state index is -1.33. The summed E-state index contributed by atoms with van der Waals surface area (Å²) in [7, 11) is 1.50. The molecular weight excluding hydrogens is 768 g/mol. The van der Waals surface area contributed by atoms with E-state index in [1.54, 1.807) is 22.0 Å². The average Bonchev–Trinajstić information content (AvgIpc) is 3.79. The highest BCUT2D eigenvalue weighted by molar-refractivity contribution is 9.09. The third kappa shape index (κ3) is 8.70. The molecule has 3 amide bonds. The largest absolute Gasteiger partial charge is 0.455 e. The van der Waals surface area contributed by atoms with Crippen LogP contribution in [0.1, 0.15) is 57.6 Å². The van der Waals surface area contributed by atoms with Crippen molar-refractivity contribution in [3.63, 3.8) is 0 Å². The molecule has 0 aromatic heterocycles. The van der Waals surface area contributed by atoms with Crippen LogP contribution in [0.25, 0.3) is 0 Å². The Morgan fingerprint density at radius 1 is 1.07 bits per heavy atom. The molecule has 5 rings (SSSR count). The Hall–Kier alpha value is -4.04. The second-order valence-corrected chi connectivity index (χ2v) is 15.5. The number of allylic oxidation sites excluding steroid dienone is 1. The summed E-state index contributed by atoms with van der Waals surface area (Å²) in [6.07, 6.45) is 3.47. The van der Waals surface area contributed by atoms with E-state index in [9.17, 15) is 19.5 Å². The quantitative estimate of drug-likeness (QED) is 0.0776. The first-order valence-electron chi connectivity index (χ1n) is 19.3. The van der Waals surface area contributed by atoms with Crippen molar-refractivity contribution in [2.45, 2.75) is 80.7 Å². The van der Waals surface area contributed by atoms with E-state index in [0.29, 0.717) is 36.9 Å². The molecule has 1 spiro atoms. The smallest absolute Gasteiger partial charge is 0.313 e. The number of carbonyl (C=O) groups is 4. The average molecular weight is 824 g/mol. The van der Waals surface area contributed by atoms with Gasteiger partial charge in [0, 0.05) is 62.5 Å². The second-order valence-electron chi connectivity index (χ2n) is 14.3. The number of anilines is 2. The Bertz CT molecular complexity index is 1660. The molecule has 3 heterocycles. The Morgan fingerprint density at radius 3 is 2.38 bits per heavy atom. The van der Waals surface area contributed by atoms with Crippen LogP contribution in [0.4, 0.5) is 11.4 Å². The zero-order valence-electron chi connectivity index (χ0n) is 32.1. The van der Waals surface area contributed by atoms with E-state index in [4.69, 9.17) is 14.2 Å². The van der Waals surface area contributed by atoms with E-state index >= 15 is 4.79 Å². The number of hydrogen-bond donors (Lipinski definition) is 2. The molecule has 0 radical (unpaired) electrons. The van der Waals surface area contributed by atoms with E-state index in [1.807, 2.05) is 54.6 Å². The number of unbranched alkanes of at least 4 members (excludes halogenated alkanes) is 1. The van der Waals surface area contributed by atoms with Crippen LogP contribution in [0.5, 0.6) is 0 Å². The molecule has 2 bridgehead atoms. The summed E-state index contributed by atoms with van der Waals surface area (Å²) in [5.41, 5.74) is 0.981.